The maximum absolute atomic E-state index is 2.49. The summed E-state index contributed by atoms with van der Waals surface area (Å²) in [5.41, 5.74) is 4.59. The van der Waals surface area contributed by atoms with E-state index in [4.69, 9.17) is 0 Å². The van der Waals surface area contributed by atoms with Gasteiger partial charge in [0, 0.05) is 0 Å². The molecule has 0 aromatic rings. The number of hydrogen-bond acceptors (Lipinski definition) is 0. The van der Waals surface area contributed by atoms with Crippen LogP contribution in [-0.4, -0.2) is 3.21 Å². The minimum absolute atomic E-state index is 0. The fraction of sp³-hybridized carbons (Fsp3) is 0.471. The summed E-state index contributed by atoms with van der Waals surface area (Å²) in [7, 11) is 0. The first-order valence-corrected chi connectivity index (χ1v) is 10.5. The van der Waals surface area contributed by atoms with Gasteiger partial charge in [-0.05, 0) is 0 Å². The smallest absolute Gasteiger partial charge is 0.147 e. The first-order chi connectivity index (χ1) is 8.40. The van der Waals surface area contributed by atoms with Crippen molar-refractivity contribution in [3.63, 3.8) is 0 Å². The molecule has 3 heteroatoms. The van der Waals surface area contributed by atoms with Crippen molar-refractivity contribution in [2.75, 3.05) is 0 Å². The zero-order valence-electron chi connectivity index (χ0n) is 13.3. The third-order valence-corrected chi connectivity index (χ3v) is 12.1. The van der Waals surface area contributed by atoms with Gasteiger partial charge in [-0.2, -0.15) is 0 Å². The molecule has 1 atom stereocenters. The van der Waals surface area contributed by atoms with Gasteiger partial charge in [-0.15, -0.1) is 24.8 Å². The average molecular weight is 393 g/mol. The van der Waals surface area contributed by atoms with Crippen molar-refractivity contribution < 1.29 is 21.3 Å². The third-order valence-electron chi connectivity index (χ3n) is 3.87. The minimum Gasteiger partial charge on any atom is -0.147 e. The molecule has 0 fully saturated rings. The Morgan fingerprint density at radius 1 is 1.10 bits per heavy atom. The van der Waals surface area contributed by atoms with Crippen LogP contribution in [-0.2, 0) is 21.3 Å². The molecule has 0 N–H and O–H groups in total. The summed E-state index contributed by atoms with van der Waals surface area (Å²) in [6, 6.07) is 0. The second kappa shape index (κ2) is 8.07. The molecule has 0 amide bonds. The first kappa shape index (κ1) is 20.3. The van der Waals surface area contributed by atoms with Crippen LogP contribution >= 0.6 is 24.8 Å². The molecule has 0 radical (unpaired) electrons. The molecule has 0 aromatic carbocycles. The summed E-state index contributed by atoms with van der Waals surface area (Å²) < 4.78 is 5.32. The molecule has 0 heterocycles. The minimum atomic E-state index is -1.72. The topological polar surface area (TPSA) is 0 Å². The molecule has 0 saturated heterocycles. The van der Waals surface area contributed by atoms with Crippen LogP contribution in [0.4, 0.5) is 0 Å². The van der Waals surface area contributed by atoms with E-state index in [0.29, 0.717) is 5.92 Å². The Kier molecular flexibility index (Phi) is 8.18. The molecule has 1 unspecified atom stereocenters. The van der Waals surface area contributed by atoms with Crippen LogP contribution in [0.1, 0.15) is 48.0 Å². The summed E-state index contributed by atoms with van der Waals surface area (Å²) >= 11 is -1.72. The summed E-state index contributed by atoms with van der Waals surface area (Å²) in [5, 5.41) is 0. The predicted octanol–water partition coefficient (Wildman–Crippen LogP) is 5.76. The molecular weight excluding hydrogens is 366 g/mol. The quantitative estimate of drug-likeness (QED) is 0.560. The monoisotopic (exact) mass is 390 g/mol. The van der Waals surface area contributed by atoms with E-state index in [1.165, 1.54) is 12.0 Å². The van der Waals surface area contributed by atoms with E-state index in [0.717, 1.165) is 0 Å². The maximum atomic E-state index is 2.49. The molecule has 0 aliphatic heterocycles. The van der Waals surface area contributed by atoms with E-state index < -0.39 is 21.3 Å². The van der Waals surface area contributed by atoms with E-state index in [2.05, 4.69) is 59.8 Å². The summed E-state index contributed by atoms with van der Waals surface area (Å²) in [4.78, 5) is 0. The molecule has 112 valence electrons. The Balaban J connectivity index is 0.00000180. The van der Waals surface area contributed by atoms with Gasteiger partial charge in [-0.25, -0.2) is 0 Å². The predicted molar refractivity (Wildman–Crippen MR) is 92.9 cm³/mol. The zero-order valence-corrected chi connectivity index (χ0v) is 17.4. The van der Waals surface area contributed by atoms with E-state index >= 15 is 0 Å². The van der Waals surface area contributed by atoms with E-state index in [-0.39, 0.29) is 24.8 Å². The number of halogens is 2. The molecule has 0 spiro atoms. The molecule has 2 aliphatic carbocycles. The van der Waals surface area contributed by atoms with Gasteiger partial charge in [-0.3, -0.25) is 0 Å². The SMILES string of the molecule is CC1=CC(C)[C]([Zr]([C]2=C(C)C=C(C)C2)=[C](C)C)=C1.Cl.Cl. The van der Waals surface area contributed by atoms with Gasteiger partial charge < -0.3 is 0 Å². The van der Waals surface area contributed by atoms with Crippen molar-refractivity contribution in [3.05, 3.63) is 41.5 Å². The maximum Gasteiger partial charge on any atom is -0.147 e. The van der Waals surface area contributed by atoms with Crippen molar-refractivity contribution in [2.45, 2.75) is 48.0 Å². The van der Waals surface area contributed by atoms with E-state index in [1.807, 2.05) is 3.28 Å². The van der Waals surface area contributed by atoms with Crippen molar-refractivity contribution in [1.29, 1.82) is 0 Å². The summed E-state index contributed by atoms with van der Waals surface area (Å²) in [6.45, 7) is 13.9. The van der Waals surface area contributed by atoms with Gasteiger partial charge in [0.15, 0.2) is 0 Å². The van der Waals surface area contributed by atoms with Gasteiger partial charge in [0.05, 0.1) is 0 Å². The van der Waals surface area contributed by atoms with Gasteiger partial charge in [0.2, 0.25) is 0 Å². The Morgan fingerprint density at radius 2 is 1.70 bits per heavy atom. The summed E-state index contributed by atoms with van der Waals surface area (Å²) in [6.07, 6.45) is 8.57. The molecule has 2 rings (SSSR count). The first-order valence-electron chi connectivity index (χ1n) is 6.85. The van der Waals surface area contributed by atoms with Crippen molar-refractivity contribution >= 4 is 28.0 Å². The largest absolute Gasteiger partial charge is 0.147 e. The van der Waals surface area contributed by atoms with Gasteiger partial charge >= 0.3 is 120 Å². The Morgan fingerprint density at radius 3 is 2.05 bits per heavy atom. The van der Waals surface area contributed by atoms with E-state index in [1.54, 1.807) is 17.6 Å². The van der Waals surface area contributed by atoms with Crippen LogP contribution in [0.2, 0.25) is 0 Å². The molecule has 20 heavy (non-hydrogen) atoms. The normalized spacial score (nSPS) is 20.7. The van der Waals surface area contributed by atoms with Crippen LogP contribution in [0.5, 0.6) is 0 Å². The Labute approximate surface area is 144 Å². The molecule has 0 saturated carbocycles. The molecule has 0 aromatic heterocycles. The number of rotatable bonds is 2. The van der Waals surface area contributed by atoms with Crippen LogP contribution < -0.4 is 0 Å². The van der Waals surface area contributed by atoms with Crippen LogP contribution in [0.15, 0.2) is 41.5 Å². The van der Waals surface area contributed by atoms with Crippen molar-refractivity contribution in [1.82, 2.24) is 0 Å². The number of hydrogen-bond donors (Lipinski definition) is 0. The fourth-order valence-electron chi connectivity index (χ4n) is 3.19. The number of allylic oxidation sites excluding steroid dienone is 8. The van der Waals surface area contributed by atoms with Crippen LogP contribution in [0.3, 0.4) is 0 Å². The Hall–Kier alpha value is 0.293. The van der Waals surface area contributed by atoms with Gasteiger partial charge in [0.25, 0.3) is 0 Å². The fourth-order valence-corrected chi connectivity index (χ4v) is 11.4. The molecular formula is C17H26Cl2Zr. The second-order valence-electron chi connectivity index (χ2n) is 6.00. The van der Waals surface area contributed by atoms with Crippen molar-refractivity contribution in [2.24, 2.45) is 5.92 Å². The summed E-state index contributed by atoms with van der Waals surface area (Å²) in [5.74, 6) is 0.676. The Bertz CT molecular complexity index is 541. The molecule has 0 nitrogen and oxygen atoms in total. The molecule has 0 bridgehead atoms. The van der Waals surface area contributed by atoms with E-state index in [9.17, 15) is 0 Å². The second-order valence-corrected chi connectivity index (χ2v) is 13.2. The standard InChI is InChI=1S/2C7H9.C3H6.2ClH.Zr/c2*1-6-3-4-7(2)5-6;1-3-2;;;/h5H,3H2,1-2H3;3,5,7H,1-2H3;1-2H3;2*1H;. The average Bonchev–Trinajstić information content (AvgIpc) is 2.71. The molecule has 2 aliphatic rings. The zero-order chi connectivity index (χ0) is 13.4. The van der Waals surface area contributed by atoms with Gasteiger partial charge in [0.1, 0.15) is 0 Å². The van der Waals surface area contributed by atoms with Crippen LogP contribution in [0, 0.1) is 5.92 Å². The van der Waals surface area contributed by atoms with Gasteiger partial charge in [-0.1, -0.05) is 0 Å². The van der Waals surface area contributed by atoms with Crippen molar-refractivity contribution in [3.8, 4) is 0 Å². The van der Waals surface area contributed by atoms with Crippen LogP contribution in [0.25, 0.3) is 0 Å². The third kappa shape index (κ3) is 4.15.